The largest absolute Gasteiger partial charge is 0.493 e. The first kappa shape index (κ1) is 18.6. The Bertz CT molecular complexity index is 684. The van der Waals surface area contributed by atoms with Crippen LogP contribution in [0, 0.1) is 6.92 Å². The molecule has 0 aliphatic rings. The van der Waals surface area contributed by atoms with Crippen molar-refractivity contribution in [1.29, 1.82) is 0 Å². The van der Waals surface area contributed by atoms with Crippen molar-refractivity contribution in [2.45, 2.75) is 19.8 Å². The number of anilines is 1. The zero-order chi connectivity index (χ0) is 18.1. The van der Waals surface area contributed by atoms with E-state index in [9.17, 15) is 4.79 Å². The summed E-state index contributed by atoms with van der Waals surface area (Å²) in [6.45, 7) is 3.26. The average molecular weight is 342 g/mol. The summed E-state index contributed by atoms with van der Waals surface area (Å²) in [5.74, 6) is 1.45. The van der Waals surface area contributed by atoms with E-state index < -0.39 is 0 Å². The fourth-order valence-corrected chi connectivity index (χ4v) is 2.46. The van der Waals surface area contributed by atoms with Crippen molar-refractivity contribution in [3.05, 3.63) is 53.6 Å². The Balaban J connectivity index is 1.69. The highest BCUT2D eigenvalue weighted by Gasteiger charge is 2.05. The van der Waals surface area contributed by atoms with Crippen molar-refractivity contribution in [3.63, 3.8) is 0 Å². The number of hydrogen-bond donors (Lipinski definition) is 2. The van der Waals surface area contributed by atoms with Gasteiger partial charge in [-0.15, -0.1) is 0 Å². The number of rotatable bonds is 9. The molecule has 0 saturated heterocycles. The van der Waals surface area contributed by atoms with Gasteiger partial charge in [0.2, 0.25) is 5.91 Å². The number of aryl methyl sites for hydroxylation is 1. The van der Waals surface area contributed by atoms with E-state index in [4.69, 9.17) is 9.47 Å². The van der Waals surface area contributed by atoms with Gasteiger partial charge in [0.15, 0.2) is 11.5 Å². The van der Waals surface area contributed by atoms with E-state index in [0.29, 0.717) is 31.0 Å². The molecule has 0 heterocycles. The molecule has 0 bridgehead atoms. The molecule has 0 aliphatic heterocycles. The van der Waals surface area contributed by atoms with E-state index in [0.717, 1.165) is 17.7 Å². The molecule has 0 radical (unpaired) electrons. The lowest BCUT2D eigenvalue weighted by atomic mass is 10.1. The van der Waals surface area contributed by atoms with Crippen molar-refractivity contribution >= 4 is 11.6 Å². The van der Waals surface area contributed by atoms with E-state index in [-0.39, 0.29) is 5.91 Å². The smallest absolute Gasteiger partial charge is 0.221 e. The summed E-state index contributed by atoms with van der Waals surface area (Å²) in [5, 5.41) is 6.19. The molecule has 0 saturated carbocycles. The van der Waals surface area contributed by atoms with Crippen LogP contribution in [0.5, 0.6) is 11.5 Å². The fraction of sp³-hybridized carbons (Fsp3) is 0.350. The molecule has 1 amide bonds. The second-order valence-corrected chi connectivity index (χ2v) is 5.83. The maximum Gasteiger partial charge on any atom is 0.221 e. The molecule has 5 nitrogen and oxygen atoms in total. The number of ether oxygens (including phenoxy) is 2. The van der Waals surface area contributed by atoms with E-state index in [1.165, 1.54) is 5.56 Å². The van der Waals surface area contributed by atoms with Crippen molar-refractivity contribution in [2.75, 3.05) is 32.6 Å². The summed E-state index contributed by atoms with van der Waals surface area (Å²) >= 11 is 0. The fourth-order valence-electron chi connectivity index (χ4n) is 2.46. The third kappa shape index (κ3) is 6.03. The normalized spacial score (nSPS) is 10.2. The molecule has 0 atom stereocenters. The Hall–Kier alpha value is -2.69. The first-order valence-corrected chi connectivity index (χ1v) is 8.40. The molecule has 2 aromatic rings. The third-order valence-electron chi connectivity index (χ3n) is 3.92. The summed E-state index contributed by atoms with van der Waals surface area (Å²) in [5.41, 5.74) is 3.35. The molecule has 0 fully saturated rings. The number of nitrogens with one attached hydrogen (secondary N) is 2. The van der Waals surface area contributed by atoms with Crippen molar-refractivity contribution in [3.8, 4) is 11.5 Å². The number of benzene rings is 2. The van der Waals surface area contributed by atoms with E-state index in [1.807, 2.05) is 42.5 Å². The Kier molecular flexibility index (Phi) is 7.14. The molecule has 0 aliphatic carbocycles. The minimum absolute atomic E-state index is 0.0417. The molecule has 0 spiro atoms. The summed E-state index contributed by atoms with van der Waals surface area (Å²) in [6, 6.07) is 13.9. The number of carbonyl (C=O) groups excluding carboxylic acids is 1. The van der Waals surface area contributed by atoms with Gasteiger partial charge < -0.3 is 20.1 Å². The molecule has 5 heteroatoms. The zero-order valence-electron chi connectivity index (χ0n) is 15.1. The monoisotopic (exact) mass is 342 g/mol. The molecule has 2 rings (SSSR count). The maximum atomic E-state index is 11.9. The molecule has 0 aromatic heterocycles. The highest BCUT2D eigenvalue weighted by molar-refractivity contribution is 5.76. The van der Waals surface area contributed by atoms with Crippen molar-refractivity contribution in [2.24, 2.45) is 0 Å². The lowest BCUT2D eigenvalue weighted by Crippen LogP contribution is -2.27. The van der Waals surface area contributed by atoms with Gasteiger partial charge in [0.05, 0.1) is 14.2 Å². The summed E-state index contributed by atoms with van der Waals surface area (Å²) < 4.78 is 10.5. The summed E-state index contributed by atoms with van der Waals surface area (Å²) in [6.07, 6.45) is 1.19. The second-order valence-electron chi connectivity index (χ2n) is 5.83. The highest BCUT2D eigenvalue weighted by Crippen LogP contribution is 2.27. The Morgan fingerprint density at radius 1 is 0.960 bits per heavy atom. The van der Waals surface area contributed by atoms with Gasteiger partial charge in [0.1, 0.15) is 0 Å². The van der Waals surface area contributed by atoms with Crippen LogP contribution in [0.2, 0.25) is 0 Å². The van der Waals surface area contributed by atoms with E-state index in [1.54, 1.807) is 14.2 Å². The molecule has 25 heavy (non-hydrogen) atoms. The first-order chi connectivity index (χ1) is 12.1. The van der Waals surface area contributed by atoms with Crippen LogP contribution in [0.25, 0.3) is 0 Å². The SMILES string of the molecule is COc1ccc(CCNC(=O)CCNc2ccc(C)cc2)cc1OC. The van der Waals surface area contributed by atoms with Gasteiger partial charge in [-0.05, 0) is 43.2 Å². The highest BCUT2D eigenvalue weighted by atomic mass is 16.5. The van der Waals surface area contributed by atoms with Crippen LogP contribution in [0.15, 0.2) is 42.5 Å². The summed E-state index contributed by atoms with van der Waals surface area (Å²) in [4.78, 5) is 11.9. The van der Waals surface area contributed by atoms with Crippen LogP contribution < -0.4 is 20.1 Å². The zero-order valence-corrected chi connectivity index (χ0v) is 15.1. The van der Waals surface area contributed by atoms with Crippen LogP contribution >= 0.6 is 0 Å². The van der Waals surface area contributed by atoms with E-state index >= 15 is 0 Å². The molecular formula is C20H26N2O3. The van der Waals surface area contributed by atoms with Gasteiger partial charge in [0, 0.05) is 25.2 Å². The Labute approximate surface area is 149 Å². The van der Waals surface area contributed by atoms with Gasteiger partial charge in [0.25, 0.3) is 0 Å². The number of hydrogen-bond acceptors (Lipinski definition) is 4. The Morgan fingerprint density at radius 2 is 1.68 bits per heavy atom. The standard InChI is InChI=1S/C20H26N2O3/c1-15-4-7-17(8-5-15)21-13-11-20(23)22-12-10-16-6-9-18(24-2)19(14-16)25-3/h4-9,14,21H,10-13H2,1-3H3,(H,22,23). The Morgan fingerprint density at radius 3 is 2.36 bits per heavy atom. The predicted octanol–water partition coefficient (Wildman–Crippen LogP) is 3.17. The minimum Gasteiger partial charge on any atom is -0.493 e. The quantitative estimate of drug-likeness (QED) is 0.735. The molecule has 2 N–H and O–H groups in total. The number of carbonyl (C=O) groups is 1. The molecule has 134 valence electrons. The van der Waals surface area contributed by atoms with Crippen LogP contribution in [0.1, 0.15) is 17.5 Å². The first-order valence-electron chi connectivity index (χ1n) is 8.40. The molecule has 2 aromatic carbocycles. The summed E-state index contributed by atoms with van der Waals surface area (Å²) in [7, 11) is 3.23. The van der Waals surface area contributed by atoms with Gasteiger partial charge in [-0.2, -0.15) is 0 Å². The second kappa shape index (κ2) is 9.57. The molecular weight excluding hydrogens is 316 g/mol. The van der Waals surface area contributed by atoms with Crippen LogP contribution in [-0.4, -0.2) is 33.2 Å². The van der Waals surface area contributed by atoms with Crippen molar-refractivity contribution in [1.82, 2.24) is 5.32 Å². The van der Waals surface area contributed by atoms with Crippen LogP contribution in [0.3, 0.4) is 0 Å². The minimum atomic E-state index is 0.0417. The van der Waals surface area contributed by atoms with Crippen LogP contribution in [-0.2, 0) is 11.2 Å². The predicted molar refractivity (Wildman–Crippen MR) is 101 cm³/mol. The lowest BCUT2D eigenvalue weighted by molar-refractivity contribution is -0.120. The number of methoxy groups -OCH3 is 2. The number of amides is 1. The van der Waals surface area contributed by atoms with Gasteiger partial charge in [-0.25, -0.2) is 0 Å². The van der Waals surface area contributed by atoms with Gasteiger partial charge >= 0.3 is 0 Å². The van der Waals surface area contributed by atoms with E-state index in [2.05, 4.69) is 17.6 Å². The lowest BCUT2D eigenvalue weighted by Gasteiger charge is -2.10. The van der Waals surface area contributed by atoms with Gasteiger partial charge in [-0.3, -0.25) is 4.79 Å². The maximum absolute atomic E-state index is 11.9. The van der Waals surface area contributed by atoms with Gasteiger partial charge in [-0.1, -0.05) is 23.8 Å². The van der Waals surface area contributed by atoms with Crippen LogP contribution in [0.4, 0.5) is 5.69 Å². The average Bonchev–Trinajstić information content (AvgIpc) is 2.63. The molecule has 0 unspecified atom stereocenters. The van der Waals surface area contributed by atoms with Crippen molar-refractivity contribution < 1.29 is 14.3 Å². The third-order valence-corrected chi connectivity index (χ3v) is 3.92. The topological polar surface area (TPSA) is 59.6 Å².